The van der Waals surface area contributed by atoms with Crippen molar-refractivity contribution in [1.82, 2.24) is 0 Å². The maximum atomic E-state index is 12.8. The first-order valence-electron chi connectivity index (χ1n) is 6.42. The van der Waals surface area contributed by atoms with Gasteiger partial charge in [-0.05, 0) is 31.4 Å². The van der Waals surface area contributed by atoms with Crippen LogP contribution in [0, 0.1) is 0 Å². The number of benzene rings is 1. The summed E-state index contributed by atoms with van der Waals surface area (Å²) in [7, 11) is -4.58. The lowest BCUT2D eigenvalue weighted by molar-refractivity contribution is 0.234. The molecule has 3 nitrogen and oxygen atoms in total. The Morgan fingerprint density at radius 2 is 1.95 bits per heavy atom. The van der Waals surface area contributed by atoms with Crippen LogP contribution in [-0.4, -0.2) is 32.1 Å². The lowest BCUT2D eigenvalue weighted by atomic mass is 9.91. The van der Waals surface area contributed by atoms with Gasteiger partial charge in [0, 0.05) is 17.9 Å². The topological polar surface area (TPSA) is 37.4 Å². The minimum absolute atomic E-state index is 0.238. The van der Waals surface area contributed by atoms with Crippen LogP contribution in [0.5, 0.6) is 0 Å². The largest absolute Gasteiger partial charge is 0.367 e. The molecule has 0 spiro atoms. The maximum absolute atomic E-state index is 12.8. The molecule has 0 bridgehead atoms. The number of para-hydroxylation sites is 1. The Labute approximate surface area is 126 Å². The molecule has 0 aromatic heterocycles. The lowest BCUT2D eigenvalue weighted by Crippen LogP contribution is -2.42. The van der Waals surface area contributed by atoms with Gasteiger partial charge >= 0.3 is 5.76 Å². The molecular formula is C13H16BrF2NO2S. The first-order chi connectivity index (χ1) is 9.48. The van der Waals surface area contributed by atoms with Gasteiger partial charge in [0.05, 0.1) is 10.6 Å². The van der Waals surface area contributed by atoms with E-state index in [1.807, 2.05) is 4.90 Å². The van der Waals surface area contributed by atoms with Crippen molar-refractivity contribution in [2.24, 2.45) is 0 Å². The van der Waals surface area contributed by atoms with E-state index in [9.17, 15) is 17.2 Å². The number of halogens is 3. The zero-order valence-electron chi connectivity index (χ0n) is 10.8. The van der Waals surface area contributed by atoms with E-state index in [1.54, 1.807) is 12.1 Å². The van der Waals surface area contributed by atoms with Crippen molar-refractivity contribution in [3.63, 3.8) is 0 Å². The monoisotopic (exact) mass is 367 g/mol. The summed E-state index contributed by atoms with van der Waals surface area (Å²) in [5.41, 5.74) is 0.386. The second-order valence-electron chi connectivity index (χ2n) is 4.74. The van der Waals surface area contributed by atoms with Gasteiger partial charge in [0.1, 0.15) is 0 Å². The molecule has 0 amide bonds. The summed E-state index contributed by atoms with van der Waals surface area (Å²) in [4.78, 5) is 1.65. The molecule has 1 fully saturated rings. The number of hydrogen-bond donors (Lipinski definition) is 0. The zero-order chi connectivity index (χ0) is 14.8. The highest BCUT2D eigenvalue weighted by molar-refractivity contribution is 9.09. The molecule has 0 saturated heterocycles. The summed E-state index contributed by atoms with van der Waals surface area (Å²) in [6.45, 7) is 0.598. The standard InChI is InChI=1S/C13H16BrF2NO2S/c14-8-9-17(10-4-3-5-10)11-6-1-2-7-12(11)20(18,19)13(15)16/h1-2,6-7,10,13H,3-5,8-9H2. The van der Waals surface area contributed by atoms with Gasteiger partial charge in [-0.15, -0.1) is 0 Å². The van der Waals surface area contributed by atoms with Crippen molar-refractivity contribution in [3.8, 4) is 0 Å². The van der Waals surface area contributed by atoms with E-state index in [0.29, 0.717) is 17.6 Å². The highest BCUT2D eigenvalue weighted by atomic mass is 79.9. The predicted octanol–water partition coefficient (Wildman–Crippen LogP) is 3.44. The highest BCUT2D eigenvalue weighted by Gasteiger charge is 2.33. The molecule has 0 atom stereocenters. The molecule has 1 saturated carbocycles. The van der Waals surface area contributed by atoms with Crippen molar-refractivity contribution in [2.75, 3.05) is 16.8 Å². The Balaban J connectivity index is 2.45. The number of rotatable bonds is 6. The fourth-order valence-electron chi connectivity index (χ4n) is 2.32. The molecule has 0 heterocycles. The van der Waals surface area contributed by atoms with Crippen molar-refractivity contribution < 1.29 is 17.2 Å². The van der Waals surface area contributed by atoms with E-state index >= 15 is 0 Å². The molecular weight excluding hydrogens is 352 g/mol. The Kier molecular flexibility index (Phi) is 5.01. The fourth-order valence-corrected chi connectivity index (χ4v) is 3.64. The molecule has 7 heteroatoms. The molecule has 0 radical (unpaired) electrons. The summed E-state index contributed by atoms with van der Waals surface area (Å²) in [6, 6.07) is 6.26. The smallest absolute Gasteiger partial charge is 0.341 e. The quantitative estimate of drug-likeness (QED) is 0.722. The molecule has 1 aliphatic carbocycles. The summed E-state index contributed by atoms with van der Waals surface area (Å²) in [5, 5.41) is 0.659. The first kappa shape index (κ1) is 15.7. The van der Waals surface area contributed by atoms with Crippen molar-refractivity contribution in [1.29, 1.82) is 0 Å². The third kappa shape index (κ3) is 2.98. The van der Waals surface area contributed by atoms with E-state index in [-0.39, 0.29) is 10.9 Å². The fraction of sp³-hybridized carbons (Fsp3) is 0.538. The van der Waals surface area contributed by atoms with Crippen LogP contribution in [-0.2, 0) is 9.84 Å². The number of anilines is 1. The average molecular weight is 368 g/mol. The second-order valence-corrected chi connectivity index (χ2v) is 7.42. The maximum Gasteiger partial charge on any atom is 0.341 e. The Morgan fingerprint density at radius 1 is 1.30 bits per heavy atom. The van der Waals surface area contributed by atoms with E-state index in [2.05, 4.69) is 15.9 Å². The summed E-state index contributed by atoms with van der Waals surface area (Å²) < 4.78 is 49.2. The second kappa shape index (κ2) is 6.39. The molecule has 0 unspecified atom stereocenters. The van der Waals surface area contributed by atoms with Crippen LogP contribution >= 0.6 is 15.9 Å². The Bertz CT molecular complexity index is 561. The van der Waals surface area contributed by atoms with Crippen LogP contribution in [0.25, 0.3) is 0 Å². The minimum Gasteiger partial charge on any atom is -0.367 e. The SMILES string of the molecule is O=S(=O)(c1ccccc1N(CCBr)C1CCC1)C(F)F. The molecule has 1 aliphatic rings. The van der Waals surface area contributed by atoms with E-state index in [1.165, 1.54) is 12.1 Å². The molecule has 0 N–H and O–H groups in total. The summed E-state index contributed by atoms with van der Waals surface area (Å²) in [5.74, 6) is -3.39. The molecule has 1 aromatic carbocycles. The van der Waals surface area contributed by atoms with E-state index in [0.717, 1.165) is 19.3 Å². The van der Waals surface area contributed by atoms with E-state index in [4.69, 9.17) is 0 Å². The van der Waals surface area contributed by atoms with Crippen LogP contribution in [0.2, 0.25) is 0 Å². The van der Waals surface area contributed by atoms with Crippen LogP contribution in [0.3, 0.4) is 0 Å². The van der Waals surface area contributed by atoms with Crippen molar-refractivity contribution in [2.45, 2.75) is 36.0 Å². The molecule has 112 valence electrons. The van der Waals surface area contributed by atoms with E-state index < -0.39 is 15.6 Å². The zero-order valence-corrected chi connectivity index (χ0v) is 13.2. The third-order valence-electron chi connectivity index (χ3n) is 3.56. The van der Waals surface area contributed by atoms with Gasteiger partial charge in [-0.1, -0.05) is 28.1 Å². The summed E-state index contributed by atoms with van der Waals surface area (Å²) in [6.07, 6.45) is 3.03. The van der Waals surface area contributed by atoms with Crippen LogP contribution in [0.1, 0.15) is 19.3 Å². The van der Waals surface area contributed by atoms with Crippen LogP contribution in [0.4, 0.5) is 14.5 Å². The molecule has 20 heavy (non-hydrogen) atoms. The number of hydrogen-bond acceptors (Lipinski definition) is 3. The van der Waals surface area contributed by atoms with Crippen LogP contribution in [0.15, 0.2) is 29.2 Å². The number of alkyl halides is 3. The first-order valence-corrected chi connectivity index (χ1v) is 9.09. The summed E-state index contributed by atoms with van der Waals surface area (Å²) >= 11 is 3.33. The number of nitrogens with zero attached hydrogens (tertiary/aromatic N) is 1. The predicted molar refractivity (Wildman–Crippen MR) is 78.4 cm³/mol. The van der Waals surface area contributed by atoms with Gasteiger partial charge in [0.2, 0.25) is 9.84 Å². The van der Waals surface area contributed by atoms with Gasteiger partial charge < -0.3 is 4.90 Å². The van der Waals surface area contributed by atoms with Gasteiger partial charge in [0.25, 0.3) is 0 Å². The average Bonchev–Trinajstić information content (AvgIpc) is 2.36. The third-order valence-corrected chi connectivity index (χ3v) is 5.34. The molecule has 2 rings (SSSR count). The minimum atomic E-state index is -4.58. The van der Waals surface area contributed by atoms with Gasteiger partial charge in [0.15, 0.2) is 0 Å². The van der Waals surface area contributed by atoms with Gasteiger partial charge in [-0.3, -0.25) is 0 Å². The van der Waals surface area contributed by atoms with Crippen molar-refractivity contribution >= 4 is 31.5 Å². The normalized spacial score (nSPS) is 16.2. The number of sulfone groups is 1. The van der Waals surface area contributed by atoms with Gasteiger partial charge in [-0.25, -0.2) is 8.42 Å². The molecule has 1 aromatic rings. The Hall–Kier alpha value is -0.690. The van der Waals surface area contributed by atoms with Gasteiger partial charge in [-0.2, -0.15) is 8.78 Å². The molecule has 0 aliphatic heterocycles. The lowest BCUT2D eigenvalue weighted by Gasteiger charge is -2.39. The highest BCUT2D eigenvalue weighted by Crippen LogP contribution is 2.35. The Morgan fingerprint density at radius 3 is 2.45 bits per heavy atom. The van der Waals surface area contributed by atoms with Crippen molar-refractivity contribution in [3.05, 3.63) is 24.3 Å². The van der Waals surface area contributed by atoms with Crippen LogP contribution < -0.4 is 4.90 Å².